The molecule has 1 aromatic carbocycles. The second-order valence-corrected chi connectivity index (χ2v) is 6.15. The first-order valence-electron chi connectivity index (χ1n) is 7.35. The van der Waals surface area contributed by atoms with E-state index in [4.69, 9.17) is 4.74 Å². The SMILES string of the molecule is CC(=O)[C@H]1[C@@H]2C[C@@H](Oc3ccnc4ccc(F)cc34)C[C@@H]21. The van der Waals surface area contributed by atoms with E-state index < -0.39 is 0 Å². The molecule has 0 amide bonds. The summed E-state index contributed by atoms with van der Waals surface area (Å²) < 4.78 is 19.5. The molecule has 108 valence electrons. The highest BCUT2D eigenvalue weighted by atomic mass is 19.1. The van der Waals surface area contributed by atoms with Gasteiger partial charge in [-0.1, -0.05) is 0 Å². The lowest BCUT2D eigenvalue weighted by Crippen LogP contribution is -2.17. The lowest BCUT2D eigenvalue weighted by Gasteiger charge is -2.17. The number of ether oxygens (including phenoxy) is 1. The van der Waals surface area contributed by atoms with Crippen molar-refractivity contribution in [3.63, 3.8) is 0 Å². The number of rotatable bonds is 3. The molecule has 0 unspecified atom stereocenters. The quantitative estimate of drug-likeness (QED) is 0.868. The number of carbonyl (C=O) groups excluding carboxylic acids is 1. The molecule has 3 nitrogen and oxygen atoms in total. The summed E-state index contributed by atoms with van der Waals surface area (Å²) in [5.41, 5.74) is 0.735. The summed E-state index contributed by atoms with van der Waals surface area (Å²) in [7, 11) is 0. The number of nitrogens with zero attached hydrogens (tertiary/aromatic N) is 1. The first-order chi connectivity index (χ1) is 10.1. The van der Waals surface area contributed by atoms with Crippen LogP contribution in [-0.2, 0) is 4.79 Å². The number of fused-ring (bicyclic) bond motifs is 2. The highest BCUT2D eigenvalue weighted by molar-refractivity contribution is 5.85. The van der Waals surface area contributed by atoms with Gasteiger partial charge in [0.2, 0.25) is 0 Å². The fourth-order valence-electron chi connectivity index (χ4n) is 3.87. The average Bonchev–Trinajstić information content (AvgIpc) is 2.97. The van der Waals surface area contributed by atoms with E-state index in [-0.39, 0.29) is 17.8 Å². The minimum absolute atomic E-state index is 0.129. The van der Waals surface area contributed by atoms with Gasteiger partial charge in [-0.2, -0.15) is 0 Å². The summed E-state index contributed by atoms with van der Waals surface area (Å²) in [6, 6.07) is 6.32. The molecular weight excluding hydrogens is 269 g/mol. The normalized spacial score (nSPS) is 30.2. The molecule has 2 aliphatic rings. The van der Waals surface area contributed by atoms with Crippen molar-refractivity contribution in [3.05, 3.63) is 36.3 Å². The van der Waals surface area contributed by atoms with Crippen molar-refractivity contribution in [2.75, 3.05) is 0 Å². The Kier molecular flexibility index (Phi) is 2.74. The van der Waals surface area contributed by atoms with E-state index in [1.165, 1.54) is 12.1 Å². The standard InChI is InChI=1S/C17H16FNO2/c1-9(20)17-12-7-11(8-13(12)17)21-16-4-5-19-15-3-2-10(18)6-14(15)16/h2-6,11-13,17H,7-8H2,1H3/t11-,12-,13+,17+. The van der Waals surface area contributed by atoms with E-state index in [1.807, 2.05) is 0 Å². The van der Waals surface area contributed by atoms with Crippen LogP contribution in [0, 0.1) is 23.6 Å². The van der Waals surface area contributed by atoms with Gasteiger partial charge in [0.25, 0.3) is 0 Å². The third kappa shape index (κ3) is 2.09. The van der Waals surface area contributed by atoms with Gasteiger partial charge in [0.1, 0.15) is 17.3 Å². The van der Waals surface area contributed by atoms with Crippen LogP contribution in [0.2, 0.25) is 0 Å². The number of carbonyl (C=O) groups is 1. The van der Waals surface area contributed by atoms with E-state index >= 15 is 0 Å². The lowest BCUT2D eigenvalue weighted by molar-refractivity contribution is -0.119. The maximum atomic E-state index is 13.4. The first-order valence-corrected chi connectivity index (χ1v) is 7.35. The van der Waals surface area contributed by atoms with Gasteiger partial charge in [-0.25, -0.2) is 4.39 Å². The molecule has 2 fully saturated rings. The number of aromatic nitrogens is 1. The highest BCUT2D eigenvalue weighted by Crippen LogP contribution is 2.58. The molecule has 0 spiro atoms. The van der Waals surface area contributed by atoms with Crippen LogP contribution in [0.3, 0.4) is 0 Å². The van der Waals surface area contributed by atoms with Crippen molar-refractivity contribution in [3.8, 4) is 5.75 Å². The van der Waals surface area contributed by atoms with Gasteiger partial charge in [-0.3, -0.25) is 9.78 Å². The molecule has 2 aromatic rings. The Morgan fingerprint density at radius 1 is 1.29 bits per heavy atom. The molecule has 0 saturated heterocycles. The molecule has 2 saturated carbocycles. The summed E-state index contributed by atoms with van der Waals surface area (Å²) in [5.74, 6) is 1.96. The van der Waals surface area contributed by atoms with Gasteiger partial charge >= 0.3 is 0 Å². The van der Waals surface area contributed by atoms with Gasteiger partial charge in [0, 0.05) is 17.5 Å². The zero-order valence-electron chi connectivity index (χ0n) is 11.8. The van der Waals surface area contributed by atoms with Crippen LogP contribution in [0.4, 0.5) is 4.39 Å². The maximum Gasteiger partial charge on any atom is 0.133 e. The van der Waals surface area contributed by atoms with E-state index in [0.29, 0.717) is 28.8 Å². The molecule has 0 radical (unpaired) electrons. The average molecular weight is 285 g/mol. The Labute approximate surface area is 122 Å². The lowest BCUT2D eigenvalue weighted by atomic mass is 10.1. The topological polar surface area (TPSA) is 39.2 Å². The molecule has 0 N–H and O–H groups in total. The largest absolute Gasteiger partial charge is 0.490 e. The van der Waals surface area contributed by atoms with Crippen molar-refractivity contribution >= 4 is 16.7 Å². The predicted octanol–water partition coefficient (Wildman–Crippen LogP) is 3.37. The predicted molar refractivity (Wildman–Crippen MR) is 76.5 cm³/mol. The zero-order chi connectivity index (χ0) is 14.6. The third-order valence-electron chi connectivity index (χ3n) is 4.83. The molecule has 4 heteroatoms. The van der Waals surface area contributed by atoms with Gasteiger partial charge in [0.15, 0.2) is 0 Å². The molecule has 2 aliphatic carbocycles. The van der Waals surface area contributed by atoms with Crippen molar-refractivity contribution in [1.29, 1.82) is 0 Å². The van der Waals surface area contributed by atoms with Crippen LogP contribution < -0.4 is 4.74 Å². The van der Waals surface area contributed by atoms with E-state index in [1.54, 1.807) is 25.3 Å². The smallest absolute Gasteiger partial charge is 0.133 e. The second kappa shape index (κ2) is 4.52. The van der Waals surface area contributed by atoms with Crippen LogP contribution in [-0.4, -0.2) is 16.9 Å². The van der Waals surface area contributed by atoms with E-state index in [0.717, 1.165) is 18.4 Å². The van der Waals surface area contributed by atoms with Crippen molar-refractivity contribution in [2.45, 2.75) is 25.9 Å². The highest BCUT2D eigenvalue weighted by Gasteiger charge is 2.58. The van der Waals surface area contributed by atoms with Crippen LogP contribution in [0.1, 0.15) is 19.8 Å². The minimum Gasteiger partial charge on any atom is -0.490 e. The van der Waals surface area contributed by atoms with Crippen molar-refractivity contribution in [1.82, 2.24) is 4.98 Å². The third-order valence-corrected chi connectivity index (χ3v) is 4.83. The van der Waals surface area contributed by atoms with Gasteiger partial charge in [0.05, 0.1) is 11.6 Å². The monoisotopic (exact) mass is 285 g/mol. The molecule has 4 atom stereocenters. The summed E-state index contributed by atoms with van der Waals surface area (Å²) >= 11 is 0. The fraction of sp³-hybridized carbons (Fsp3) is 0.412. The fourth-order valence-corrected chi connectivity index (χ4v) is 3.87. The summed E-state index contributed by atoms with van der Waals surface area (Å²) in [6.45, 7) is 1.68. The molecule has 0 bridgehead atoms. The molecule has 1 aromatic heterocycles. The van der Waals surface area contributed by atoms with Crippen LogP contribution in [0.25, 0.3) is 10.9 Å². The summed E-state index contributed by atoms with van der Waals surface area (Å²) in [4.78, 5) is 15.6. The van der Waals surface area contributed by atoms with Gasteiger partial charge < -0.3 is 4.74 Å². The Morgan fingerprint density at radius 2 is 2.05 bits per heavy atom. The molecule has 4 rings (SSSR count). The minimum atomic E-state index is -0.286. The summed E-state index contributed by atoms with van der Waals surface area (Å²) in [5, 5.41) is 0.709. The van der Waals surface area contributed by atoms with Crippen molar-refractivity contribution < 1.29 is 13.9 Å². The van der Waals surface area contributed by atoms with Gasteiger partial charge in [-0.05, 0) is 55.9 Å². The van der Waals surface area contributed by atoms with Crippen LogP contribution in [0.15, 0.2) is 30.5 Å². The number of benzene rings is 1. The number of Topliss-reactive ketones (excluding diaryl/α,β-unsaturated/α-hetero) is 1. The van der Waals surface area contributed by atoms with Gasteiger partial charge in [-0.15, -0.1) is 0 Å². The maximum absolute atomic E-state index is 13.4. The number of pyridine rings is 1. The second-order valence-electron chi connectivity index (χ2n) is 6.15. The Bertz CT molecular complexity index is 718. The Hall–Kier alpha value is -1.97. The molecular formula is C17H16FNO2. The van der Waals surface area contributed by atoms with E-state index in [9.17, 15) is 9.18 Å². The van der Waals surface area contributed by atoms with Crippen LogP contribution in [0.5, 0.6) is 5.75 Å². The van der Waals surface area contributed by atoms with E-state index in [2.05, 4.69) is 4.98 Å². The molecule has 0 aliphatic heterocycles. The Morgan fingerprint density at radius 3 is 2.76 bits per heavy atom. The molecule has 21 heavy (non-hydrogen) atoms. The Balaban J connectivity index is 1.54. The number of halogens is 1. The van der Waals surface area contributed by atoms with Crippen molar-refractivity contribution in [2.24, 2.45) is 17.8 Å². The first kappa shape index (κ1) is 12.7. The number of ketones is 1. The number of hydrogen-bond donors (Lipinski definition) is 0. The summed E-state index contributed by atoms with van der Waals surface area (Å²) in [6.07, 6.45) is 3.66. The number of hydrogen-bond acceptors (Lipinski definition) is 3. The molecule has 1 heterocycles. The zero-order valence-corrected chi connectivity index (χ0v) is 11.8. The van der Waals surface area contributed by atoms with Crippen LogP contribution >= 0.6 is 0 Å².